The number of carbonyl (C=O) groups is 1. The average molecular weight is 404 g/mol. The van der Waals surface area contributed by atoms with Gasteiger partial charge in [0.15, 0.2) is 23.4 Å². The fourth-order valence-electron chi connectivity index (χ4n) is 3.01. The fraction of sp³-hybridized carbons (Fsp3) is 0.333. The molecule has 0 saturated carbocycles. The first kappa shape index (κ1) is 20.6. The number of hydrogen-bond donors (Lipinski definition) is 0. The number of benzene rings is 2. The summed E-state index contributed by atoms with van der Waals surface area (Å²) < 4.78 is 44.4. The number of aromatic nitrogens is 2. The quantitative estimate of drug-likeness (QED) is 0.486. The van der Waals surface area contributed by atoms with Crippen LogP contribution in [0.3, 0.4) is 0 Å². The number of carbonyl (C=O) groups excluding carboxylic acids is 1. The third-order valence-electron chi connectivity index (χ3n) is 4.24. The lowest BCUT2D eigenvalue weighted by Crippen LogP contribution is -2.15. The van der Waals surface area contributed by atoms with E-state index in [1.54, 1.807) is 36.4 Å². The number of nitrogens with zero attached hydrogens (tertiary/aromatic N) is 2. The summed E-state index contributed by atoms with van der Waals surface area (Å²) in [6.45, 7) is 3.20. The van der Waals surface area contributed by atoms with Gasteiger partial charge in [-0.3, -0.25) is 4.57 Å². The molecule has 0 saturated heterocycles. The third kappa shape index (κ3) is 4.31. The Labute approximate surface area is 167 Å². The lowest BCUT2D eigenvalue weighted by atomic mass is 10.2. The van der Waals surface area contributed by atoms with Gasteiger partial charge in [0.25, 0.3) is 0 Å². The molecule has 1 unspecified atom stereocenters. The van der Waals surface area contributed by atoms with Gasteiger partial charge >= 0.3 is 12.5 Å². The van der Waals surface area contributed by atoms with Crippen molar-refractivity contribution in [1.29, 1.82) is 0 Å². The Morgan fingerprint density at radius 3 is 2.45 bits per heavy atom. The van der Waals surface area contributed by atoms with Gasteiger partial charge in [0, 0.05) is 0 Å². The van der Waals surface area contributed by atoms with Crippen molar-refractivity contribution in [3.05, 3.63) is 53.9 Å². The molecule has 0 N–H and O–H groups in total. The van der Waals surface area contributed by atoms with Gasteiger partial charge in [-0.15, -0.1) is 0 Å². The summed E-state index contributed by atoms with van der Waals surface area (Å²) >= 11 is 0. The molecule has 0 fully saturated rings. The summed E-state index contributed by atoms with van der Waals surface area (Å²) in [6, 6.07) is 11.2. The number of halogens is 2. The lowest BCUT2D eigenvalue weighted by Gasteiger charge is -2.16. The topological polar surface area (TPSA) is 62.6 Å². The molecule has 0 aliphatic rings. The Morgan fingerprint density at radius 1 is 1.07 bits per heavy atom. The van der Waals surface area contributed by atoms with Crippen molar-refractivity contribution in [2.75, 3.05) is 13.2 Å². The molecule has 3 rings (SSSR count). The molecule has 0 spiro atoms. The highest BCUT2D eigenvalue weighted by Gasteiger charge is 2.25. The molecular weight excluding hydrogens is 382 g/mol. The van der Waals surface area contributed by atoms with E-state index >= 15 is 0 Å². The van der Waals surface area contributed by atoms with Crippen molar-refractivity contribution in [1.82, 2.24) is 9.55 Å². The van der Waals surface area contributed by atoms with Gasteiger partial charge in [0.2, 0.25) is 0 Å². The van der Waals surface area contributed by atoms with Gasteiger partial charge < -0.3 is 14.2 Å². The highest BCUT2D eigenvalue weighted by Crippen LogP contribution is 2.31. The second-order valence-corrected chi connectivity index (χ2v) is 6.18. The van der Waals surface area contributed by atoms with Crippen LogP contribution in [0.25, 0.3) is 11.0 Å². The van der Waals surface area contributed by atoms with Crippen LogP contribution in [0, 0.1) is 0 Å². The third-order valence-corrected chi connectivity index (χ3v) is 4.24. The number of esters is 1. The summed E-state index contributed by atoms with van der Waals surface area (Å²) in [5.41, 5.74) is 0.911. The predicted molar refractivity (Wildman–Crippen MR) is 104 cm³/mol. The van der Waals surface area contributed by atoms with Crippen LogP contribution >= 0.6 is 0 Å². The van der Waals surface area contributed by atoms with Crippen LogP contribution in [0.1, 0.15) is 49.6 Å². The predicted octanol–water partition coefficient (Wildman–Crippen LogP) is 5.15. The standard InChI is InChI=1S/C21H22F2N2O4/c1-4-27-17-11-10-14(12-18(17)28-5-2)20(26)29-13(3)19-24-15-8-6-7-9-16(15)25(19)21(22)23/h6-13,21H,4-5H2,1-3H3. The molecule has 0 aliphatic heterocycles. The Morgan fingerprint density at radius 2 is 1.76 bits per heavy atom. The van der Waals surface area contributed by atoms with E-state index in [0.29, 0.717) is 30.2 Å². The van der Waals surface area contributed by atoms with Gasteiger partial charge in [-0.1, -0.05) is 12.1 Å². The van der Waals surface area contributed by atoms with Gasteiger partial charge in [-0.05, 0) is 51.1 Å². The summed E-state index contributed by atoms with van der Waals surface area (Å²) in [6.07, 6.45) is -0.981. The first-order valence-corrected chi connectivity index (χ1v) is 9.31. The van der Waals surface area contributed by atoms with E-state index in [4.69, 9.17) is 14.2 Å². The summed E-state index contributed by atoms with van der Waals surface area (Å²) in [5.74, 6) is 0.231. The largest absolute Gasteiger partial charge is 0.490 e. The van der Waals surface area contributed by atoms with Gasteiger partial charge in [0.1, 0.15) is 0 Å². The van der Waals surface area contributed by atoms with E-state index in [9.17, 15) is 13.6 Å². The number of para-hydroxylation sites is 2. The molecule has 1 aromatic heterocycles. The maximum absolute atomic E-state index is 13.6. The van der Waals surface area contributed by atoms with Crippen LogP contribution in [0.4, 0.5) is 8.78 Å². The number of ether oxygens (including phenoxy) is 3. The van der Waals surface area contributed by atoms with Crippen molar-refractivity contribution >= 4 is 17.0 Å². The number of alkyl halides is 2. The number of rotatable bonds is 8. The Kier molecular flexibility index (Phi) is 6.31. The molecule has 3 aromatic rings. The van der Waals surface area contributed by atoms with Crippen molar-refractivity contribution in [3.8, 4) is 11.5 Å². The van der Waals surface area contributed by atoms with E-state index < -0.39 is 18.6 Å². The summed E-state index contributed by atoms with van der Waals surface area (Å²) in [7, 11) is 0. The Bertz CT molecular complexity index is 1000. The van der Waals surface area contributed by atoms with Gasteiger partial charge in [-0.2, -0.15) is 8.78 Å². The SMILES string of the molecule is CCOc1ccc(C(=O)OC(C)c2nc3ccccc3n2C(F)F)cc1OCC. The van der Waals surface area contributed by atoms with Crippen LogP contribution in [-0.4, -0.2) is 28.7 Å². The molecule has 6 nitrogen and oxygen atoms in total. The van der Waals surface area contributed by atoms with Crippen LogP contribution in [0.15, 0.2) is 42.5 Å². The maximum atomic E-state index is 13.6. The zero-order valence-corrected chi connectivity index (χ0v) is 16.4. The van der Waals surface area contributed by atoms with Crippen molar-refractivity contribution in [2.24, 2.45) is 0 Å². The molecule has 0 amide bonds. The van der Waals surface area contributed by atoms with Crippen LogP contribution in [-0.2, 0) is 4.74 Å². The molecule has 29 heavy (non-hydrogen) atoms. The monoisotopic (exact) mass is 404 g/mol. The van der Waals surface area contributed by atoms with E-state index in [2.05, 4.69) is 4.98 Å². The molecule has 1 atom stereocenters. The van der Waals surface area contributed by atoms with E-state index in [1.807, 2.05) is 13.8 Å². The molecular formula is C21H22F2N2O4. The van der Waals surface area contributed by atoms with Crippen molar-refractivity contribution in [3.63, 3.8) is 0 Å². The van der Waals surface area contributed by atoms with Crippen LogP contribution in [0.2, 0.25) is 0 Å². The van der Waals surface area contributed by atoms with E-state index in [0.717, 1.165) is 4.57 Å². The lowest BCUT2D eigenvalue weighted by molar-refractivity contribution is 0.0233. The highest BCUT2D eigenvalue weighted by atomic mass is 19.3. The minimum atomic E-state index is -2.81. The minimum Gasteiger partial charge on any atom is -0.490 e. The smallest absolute Gasteiger partial charge is 0.338 e. The number of imidazole rings is 1. The van der Waals surface area contributed by atoms with Gasteiger partial charge in [-0.25, -0.2) is 9.78 Å². The van der Waals surface area contributed by atoms with Crippen LogP contribution in [0.5, 0.6) is 11.5 Å². The molecule has 154 valence electrons. The molecule has 1 heterocycles. The Hall–Kier alpha value is -3.16. The first-order valence-electron chi connectivity index (χ1n) is 9.31. The molecule has 8 heteroatoms. The maximum Gasteiger partial charge on any atom is 0.338 e. The average Bonchev–Trinajstić information content (AvgIpc) is 3.09. The summed E-state index contributed by atoms with van der Waals surface area (Å²) in [5, 5.41) is 0. The second-order valence-electron chi connectivity index (χ2n) is 6.18. The normalized spacial score (nSPS) is 12.2. The second kappa shape index (κ2) is 8.89. The van der Waals surface area contributed by atoms with E-state index in [-0.39, 0.29) is 16.9 Å². The first-order chi connectivity index (χ1) is 14.0. The number of fused-ring (bicyclic) bond motifs is 1. The molecule has 0 radical (unpaired) electrons. The number of hydrogen-bond acceptors (Lipinski definition) is 5. The van der Waals surface area contributed by atoms with Gasteiger partial charge in [0.05, 0.1) is 29.8 Å². The fourth-order valence-corrected chi connectivity index (χ4v) is 3.01. The molecule has 0 aliphatic carbocycles. The van der Waals surface area contributed by atoms with Crippen molar-refractivity contribution < 1.29 is 27.8 Å². The Balaban J connectivity index is 1.87. The van der Waals surface area contributed by atoms with Crippen molar-refractivity contribution in [2.45, 2.75) is 33.4 Å². The highest BCUT2D eigenvalue weighted by molar-refractivity contribution is 5.90. The molecule has 0 bridgehead atoms. The van der Waals surface area contributed by atoms with Crippen LogP contribution < -0.4 is 9.47 Å². The zero-order chi connectivity index (χ0) is 21.0. The van der Waals surface area contributed by atoms with E-state index in [1.165, 1.54) is 13.0 Å². The zero-order valence-electron chi connectivity index (χ0n) is 16.4. The molecule has 2 aromatic carbocycles. The summed E-state index contributed by atoms with van der Waals surface area (Å²) in [4.78, 5) is 16.8. The minimum absolute atomic E-state index is 0.0227.